The number of nitrogens with zero attached hydrogens (tertiary/aromatic N) is 2. The zero-order chi connectivity index (χ0) is 15.8. The van der Waals surface area contributed by atoms with E-state index in [2.05, 4.69) is 4.98 Å². The van der Waals surface area contributed by atoms with Crippen molar-refractivity contribution in [2.45, 2.75) is 27.2 Å². The van der Waals surface area contributed by atoms with E-state index < -0.39 is 5.97 Å². The molecule has 1 amide bonds. The van der Waals surface area contributed by atoms with Gasteiger partial charge in [0.2, 0.25) is 5.88 Å². The van der Waals surface area contributed by atoms with Crippen LogP contribution in [0.2, 0.25) is 0 Å². The van der Waals surface area contributed by atoms with E-state index in [0.717, 1.165) is 0 Å². The summed E-state index contributed by atoms with van der Waals surface area (Å²) in [6.45, 7) is 7.04. The van der Waals surface area contributed by atoms with Crippen molar-refractivity contribution in [1.82, 2.24) is 9.88 Å². The number of ether oxygens (including phenoxy) is 1. The number of carboxylic acid groups (broad SMARTS) is 1. The van der Waals surface area contributed by atoms with Gasteiger partial charge in [0.05, 0.1) is 18.6 Å². The molecule has 1 aromatic heterocycles. The van der Waals surface area contributed by atoms with Crippen LogP contribution in [0.25, 0.3) is 0 Å². The minimum atomic E-state index is -0.915. The van der Waals surface area contributed by atoms with Crippen LogP contribution in [0.3, 0.4) is 0 Å². The van der Waals surface area contributed by atoms with Crippen molar-refractivity contribution >= 4 is 11.9 Å². The maximum atomic E-state index is 12.4. The maximum absolute atomic E-state index is 12.4. The van der Waals surface area contributed by atoms with Crippen LogP contribution in [0, 0.1) is 5.92 Å². The second kappa shape index (κ2) is 8.24. The molecule has 0 bridgehead atoms. The number of carboxylic acids is 1. The van der Waals surface area contributed by atoms with Crippen LogP contribution < -0.4 is 4.74 Å². The third kappa shape index (κ3) is 5.81. The van der Waals surface area contributed by atoms with E-state index in [9.17, 15) is 9.59 Å². The number of rotatable bonds is 8. The molecule has 6 heteroatoms. The van der Waals surface area contributed by atoms with Crippen LogP contribution in [0.4, 0.5) is 0 Å². The molecule has 21 heavy (non-hydrogen) atoms. The maximum Gasteiger partial charge on any atom is 0.305 e. The molecule has 0 fully saturated rings. The fraction of sp³-hybridized carbons (Fsp3) is 0.533. The highest BCUT2D eigenvalue weighted by molar-refractivity contribution is 5.94. The minimum Gasteiger partial charge on any atom is -0.481 e. The predicted octanol–water partition coefficient (Wildman–Crippen LogP) is 2.05. The number of aromatic nitrogens is 1. The van der Waals surface area contributed by atoms with Gasteiger partial charge in [0.1, 0.15) is 0 Å². The van der Waals surface area contributed by atoms with Gasteiger partial charge in [-0.05, 0) is 18.9 Å². The molecular formula is C15H22N2O4. The van der Waals surface area contributed by atoms with Gasteiger partial charge in [-0.25, -0.2) is 4.98 Å². The van der Waals surface area contributed by atoms with E-state index in [1.54, 1.807) is 17.0 Å². The number of hydrogen-bond donors (Lipinski definition) is 1. The summed E-state index contributed by atoms with van der Waals surface area (Å²) in [5.41, 5.74) is 0.435. The molecule has 0 aliphatic heterocycles. The lowest BCUT2D eigenvalue weighted by Gasteiger charge is -2.24. The molecule has 6 nitrogen and oxygen atoms in total. The first kappa shape index (κ1) is 16.9. The predicted molar refractivity (Wildman–Crippen MR) is 78.4 cm³/mol. The van der Waals surface area contributed by atoms with Gasteiger partial charge < -0.3 is 14.7 Å². The van der Waals surface area contributed by atoms with Gasteiger partial charge in [-0.1, -0.05) is 13.8 Å². The first-order valence-electron chi connectivity index (χ1n) is 7.04. The summed E-state index contributed by atoms with van der Waals surface area (Å²) in [6.07, 6.45) is 1.39. The number of carbonyl (C=O) groups excluding carboxylic acids is 1. The zero-order valence-corrected chi connectivity index (χ0v) is 12.7. The van der Waals surface area contributed by atoms with Crippen LogP contribution in [0.15, 0.2) is 18.3 Å². The SMILES string of the molecule is CCOc1ccc(C(=O)N(CCC(=O)O)CC(C)C)cn1. The summed E-state index contributed by atoms with van der Waals surface area (Å²) in [5, 5.41) is 8.78. The van der Waals surface area contributed by atoms with Gasteiger partial charge in [0, 0.05) is 25.4 Å². The van der Waals surface area contributed by atoms with Crippen molar-refractivity contribution in [3.05, 3.63) is 23.9 Å². The molecule has 1 aromatic rings. The van der Waals surface area contributed by atoms with Crippen molar-refractivity contribution in [3.8, 4) is 5.88 Å². The Morgan fingerprint density at radius 1 is 1.38 bits per heavy atom. The Bertz CT molecular complexity index is 471. The van der Waals surface area contributed by atoms with Gasteiger partial charge in [-0.2, -0.15) is 0 Å². The van der Waals surface area contributed by atoms with E-state index in [1.165, 1.54) is 6.20 Å². The molecule has 0 radical (unpaired) electrons. The molecule has 0 unspecified atom stereocenters. The van der Waals surface area contributed by atoms with Crippen LogP contribution in [-0.2, 0) is 4.79 Å². The molecule has 116 valence electrons. The molecule has 0 saturated carbocycles. The monoisotopic (exact) mass is 294 g/mol. The van der Waals surface area contributed by atoms with Gasteiger partial charge in [0.25, 0.3) is 5.91 Å². The van der Waals surface area contributed by atoms with Crippen molar-refractivity contribution in [1.29, 1.82) is 0 Å². The second-order valence-corrected chi connectivity index (χ2v) is 5.11. The van der Waals surface area contributed by atoms with Gasteiger partial charge >= 0.3 is 5.97 Å². The highest BCUT2D eigenvalue weighted by Gasteiger charge is 2.18. The van der Waals surface area contributed by atoms with Crippen LogP contribution in [-0.4, -0.2) is 46.6 Å². The minimum absolute atomic E-state index is 0.0665. The highest BCUT2D eigenvalue weighted by atomic mass is 16.5. The molecule has 1 heterocycles. The Kier molecular flexibility index (Phi) is 6.65. The zero-order valence-electron chi connectivity index (χ0n) is 12.7. The van der Waals surface area contributed by atoms with Crippen LogP contribution >= 0.6 is 0 Å². The molecule has 0 saturated heterocycles. The van der Waals surface area contributed by atoms with Gasteiger partial charge in [-0.15, -0.1) is 0 Å². The molecule has 0 atom stereocenters. The summed E-state index contributed by atoms with van der Waals surface area (Å²) in [6, 6.07) is 3.29. The number of amides is 1. The molecular weight excluding hydrogens is 272 g/mol. The Balaban J connectivity index is 2.80. The van der Waals surface area contributed by atoms with Gasteiger partial charge in [0.15, 0.2) is 0 Å². The standard InChI is InChI=1S/C15H22N2O4/c1-4-21-13-6-5-12(9-16-13)15(20)17(10-11(2)3)8-7-14(18)19/h5-6,9,11H,4,7-8,10H2,1-3H3,(H,18,19). The Labute approximate surface area is 124 Å². The molecule has 1 N–H and O–H groups in total. The van der Waals surface area contributed by atoms with Crippen molar-refractivity contribution in [3.63, 3.8) is 0 Å². The normalized spacial score (nSPS) is 10.5. The summed E-state index contributed by atoms with van der Waals surface area (Å²) >= 11 is 0. The highest BCUT2D eigenvalue weighted by Crippen LogP contribution is 2.11. The summed E-state index contributed by atoms with van der Waals surface area (Å²) in [5.74, 6) is -0.393. The van der Waals surface area contributed by atoms with Crippen molar-refractivity contribution < 1.29 is 19.4 Å². The van der Waals surface area contributed by atoms with E-state index >= 15 is 0 Å². The van der Waals surface area contributed by atoms with Crippen molar-refractivity contribution in [2.75, 3.05) is 19.7 Å². The van der Waals surface area contributed by atoms with E-state index in [-0.39, 0.29) is 24.8 Å². The largest absolute Gasteiger partial charge is 0.481 e. The summed E-state index contributed by atoms with van der Waals surface area (Å²) in [4.78, 5) is 28.7. The first-order valence-corrected chi connectivity index (χ1v) is 7.04. The summed E-state index contributed by atoms with van der Waals surface area (Å²) < 4.78 is 5.23. The van der Waals surface area contributed by atoms with Crippen LogP contribution in [0.1, 0.15) is 37.6 Å². The number of hydrogen-bond acceptors (Lipinski definition) is 4. The van der Waals surface area contributed by atoms with E-state index in [0.29, 0.717) is 24.6 Å². The molecule has 0 aromatic carbocycles. The Morgan fingerprint density at radius 3 is 2.57 bits per heavy atom. The number of carbonyl (C=O) groups is 2. The number of aliphatic carboxylic acids is 1. The number of pyridine rings is 1. The van der Waals surface area contributed by atoms with Crippen LogP contribution in [0.5, 0.6) is 5.88 Å². The smallest absolute Gasteiger partial charge is 0.305 e. The lowest BCUT2D eigenvalue weighted by Crippen LogP contribution is -2.36. The average molecular weight is 294 g/mol. The molecule has 1 rings (SSSR count). The Hall–Kier alpha value is -2.11. The Morgan fingerprint density at radius 2 is 2.10 bits per heavy atom. The van der Waals surface area contributed by atoms with E-state index in [1.807, 2.05) is 20.8 Å². The average Bonchev–Trinajstić information content (AvgIpc) is 2.43. The molecule has 0 spiro atoms. The quantitative estimate of drug-likeness (QED) is 0.793. The fourth-order valence-corrected chi connectivity index (χ4v) is 1.87. The topological polar surface area (TPSA) is 79.7 Å². The van der Waals surface area contributed by atoms with Gasteiger partial charge in [-0.3, -0.25) is 9.59 Å². The molecule has 0 aliphatic carbocycles. The third-order valence-corrected chi connectivity index (χ3v) is 2.74. The second-order valence-electron chi connectivity index (χ2n) is 5.11. The van der Waals surface area contributed by atoms with Crippen molar-refractivity contribution in [2.24, 2.45) is 5.92 Å². The fourth-order valence-electron chi connectivity index (χ4n) is 1.87. The molecule has 0 aliphatic rings. The third-order valence-electron chi connectivity index (χ3n) is 2.74. The summed E-state index contributed by atoms with van der Waals surface area (Å²) in [7, 11) is 0. The van der Waals surface area contributed by atoms with E-state index in [4.69, 9.17) is 9.84 Å². The lowest BCUT2D eigenvalue weighted by atomic mass is 10.1. The lowest BCUT2D eigenvalue weighted by molar-refractivity contribution is -0.137. The first-order chi connectivity index (χ1) is 9.93.